The number of ether oxygens (including phenoxy) is 2. The van der Waals surface area contributed by atoms with E-state index in [2.05, 4.69) is 36.9 Å². The Bertz CT molecular complexity index is 1440. The summed E-state index contributed by atoms with van der Waals surface area (Å²) in [4.78, 5) is 28.8. The van der Waals surface area contributed by atoms with Crippen molar-refractivity contribution in [3.05, 3.63) is 60.3 Å². The summed E-state index contributed by atoms with van der Waals surface area (Å²) in [6.45, 7) is 8.10. The average molecular weight is 577 g/mol. The molecule has 0 aliphatic carbocycles. The molecule has 1 fully saturated rings. The van der Waals surface area contributed by atoms with Crippen LogP contribution in [0.4, 0.5) is 18.9 Å². The van der Waals surface area contributed by atoms with Crippen molar-refractivity contribution < 1.29 is 37.3 Å². The molecule has 2 aromatic carbocycles. The highest BCUT2D eigenvalue weighted by atomic mass is 32.1. The number of fused-ring (bicyclic) bond motifs is 1. The summed E-state index contributed by atoms with van der Waals surface area (Å²) in [7, 11) is 0. The smallest absolute Gasteiger partial charge is 0.475 e. The first kappa shape index (κ1) is 29.0. The van der Waals surface area contributed by atoms with Crippen LogP contribution in [0.2, 0.25) is 0 Å². The highest BCUT2D eigenvalue weighted by Gasteiger charge is 2.38. The monoisotopic (exact) mass is 576 g/mol. The Morgan fingerprint density at radius 1 is 1.10 bits per heavy atom. The number of rotatable bonds is 5. The zero-order valence-electron chi connectivity index (χ0n) is 21.9. The van der Waals surface area contributed by atoms with Gasteiger partial charge < -0.3 is 19.5 Å². The van der Waals surface area contributed by atoms with Crippen LogP contribution < -0.4 is 4.90 Å². The number of para-hydroxylation sites is 1. The summed E-state index contributed by atoms with van der Waals surface area (Å²) in [6.07, 6.45) is -2.78. The van der Waals surface area contributed by atoms with Gasteiger partial charge in [0.25, 0.3) is 0 Å². The van der Waals surface area contributed by atoms with Crippen molar-refractivity contribution in [1.29, 1.82) is 0 Å². The molecule has 2 atom stereocenters. The van der Waals surface area contributed by atoms with Gasteiger partial charge in [0.15, 0.2) is 0 Å². The molecule has 3 heterocycles. The summed E-state index contributed by atoms with van der Waals surface area (Å²) in [5, 5.41) is 12.9. The van der Waals surface area contributed by atoms with Gasteiger partial charge in [0.2, 0.25) is 4.96 Å². The van der Waals surface area contributed by atoms with Crippen LogP contribution in [0.25, 0.3) is 26.8 Å². The number of esters is 1. The summed E-state index contributed by atoms with van der Waals surface area (Å²) in [5.74, 6) is -3.07. The third-order valence-corrected chi connectivity index (χ3v) is 6.83. The molecule has 40 heavy (non-hydrogen) atoms. The van der Waals surface area contributed by atoms with Gasteiger partial charge in [0.05, 0.1) is 36.3 Å². The van der Waals surface area contributed by atoms with Crippen molar-refractivity contribution in [2.24, 2.45) is 0 Å². The van der Waals surface area contributed by atoms with Crippen molar-refractivity contribution in [1.82, 2.24) is 14.6 Å². The number of carboxylic acid groups (broad SMARTS) is 1. The van der Waals surface area contributed by atoms with Crippen LogP contribution in [0.3, 0.4) is 0 Å². The van der Waals surface area contributed by atoms with Crippen LogP contribution in [-0.2, 0) is 14.3 Å². The largest absolute Gasteiger partial charge is 0.490 e. The lowest BCUT2D eigenvalue weighted by Crippen LogP contribution is -2.45. The molecule has 0 bridgehead atoms. The topological polar surface area (TPSA) is 106 Å². The van der Waals surface area contributed by atoms with Gasteiger partial charge in [0, 0.05) is 29.9 Å². The second-order valence-corrected chi connectivity index (χ2v) is 10.00. The summed E-state index contributed by atoms with van der Waals surface area (Å²) >= 11 is 1.57. The van der Waals surface area contributed by atoms with E-state index in [1.165, 1.54) is 5.69 Å². The van der Waals surface area contributed by atoms with E-state index in [-0.39, 0.29) is 18.2 Å². The molecule has 0 saturated carbocycles. The normalized spacial score (nSPS) is 17.3. The molecule has 13 heteroatoms. The number of morpholine rings is 1. The molecule has 1 N–H and O–H groups in total. The molecule has 1 aliphatic rings. The second-order valence-electron chi connectivity index (χ2n) is 9.04. The first-order chi connectivity index (χ1) is 19.0. The van der Waals surface area contributed by atoms with Crippen LogP contribution in [0.5, 0.6) is 0 Å². The Kier molecular flexibility index (Phi) is 8.74. The second kappa shape index (κ2) is 12.0. The lowest BCUT2D eigenvalue weighted by molar-refractivity contribution is -0.192. The molecule has 2 aromatic heterocycles. The highest BCUT2D eigenvalue weighted by molar-refractivity contribution is 7.19. The number of carbonyl (C=O) groups is 2. The SMILES string of the molecule is CCOC(=O)c1ccc(-c2cn3nc(-c4ccccc4N4CC(C)OC(C)C4)sc3n2)cc1.O=C(O)C(F)(F)F. The number of imidazole rings is 1. The van der Waals surface area contributed by atoms with Crippen molar-refractivity contribution in [2.75, 3.05) is 24.6 Å². The molecule has 4 aromatic rings. The maximum Gasteiger partial charge on any atom is 0.490 e. The number of carbonyl (C=O) groups excluding carboxylic acids is 1. The van der Waals surface area contributed by atoms with Crippen molar-refractivity contribution in [2.45, 2.75) is 39.2 Å². The van der Waals surface area contributed by atoms with Gasteiger partial charge in [-0.3, -0.25) is 0 Å². The van der Waals surface area contributed by atoms with E-state index in [9.17, 15) is 18.0 Å². The number of alkyl halides is 3. The minimum Gasteiger partial charge on any atom is -0.475 e. The third kappa shape index (κ3) is 6.77. The van der Waals surface area contributed by atoms with Gasteiger partial charge in [-0.25, -0.2) is 19.1 Å². The first-order valence-corrected chi connectivity index (χ1v) is 13.2. The predicted octanol–water partition coefficient (Wildman–Crippen LogP) is 5.55. The fourth-order valence-corrected chi connectivity index (χ4v) is 5.16. The molecule has 2 unspecified atom stereocenters. The number of aliphatic carboxylic acids is 1. The van der Waals surface area contributed by atoms with E-state index in [4.69, 9.17) is 29.5 Å². The fraction of sp³-hybridized carbons (Fsp3) is 0.333. The van der Waals surface area contributed by atoms with Crippen molar-refractivity contribution in [3.63, 3.8) is 0 Å². The average Bonchev–Trinajstić information content (AvgIpc) is 3.48. The van der Waals surface area contributed by atoms with E-state index in [0.29, 0.717) is 12.2 Å². The molecule has 212 valence electrons. The highest BCUT2D eigenvalue weighted by Crippen LogP contribution is 2.35. The maximum atomic E-state index is 11.9. The fourth-order valence-electron chi connectivity index (χ4n) is 4.24. The first-order valence-electron chi connectivity index (χ1n) is 12.4. The molecule has 1 aliphatic heterocycles. The number of halogens is 3. The van der Waals surface area contributed by atoms with Crippen LogP contribution in [0.1, 0.15) is 31.1 Å². The Morgan fingerprint density at radius 3 is 2.30 bits per heavy atom. The van der Waals surface area contributed by atoms with Gasteiger partial charge in [0.1, 0.15) is 5.01 Å². The maximum absolute atomic E-state index is 11.9. The quantitative estimate of drug-likeness (QED) is 0.309. The zero-order valence-corrected chi connectivity index (χ0v) is 22.7. The summed E-state index contributed by atoms with van der Waals surface area (Å²) in [6, 6.07) is 15.7. The molecule has 0 amide bonds. The van der Waals surface area contributed by atoms with Crippen LogP contribution in [-0.4, -0.2) is 69.7 Å². The lowest BCUT2D eigenvalue weighted by atomic mass is 10.1. The van der Waals surface area contributed by atoms with Crippen LogP contribution in [0.15, 0.2) is 54.7 Å². The molecule has 9 nitrogen and oxygen atoms in total. The molecular weight excluding hydrogens is 549 g/mol. The van der Waals surface area contributed by atoms with E-state index < -0.39 is 12.1 Å². The molecule has 1 saturated heterocycles. The predicted molar refractivity (Wildman–Crippen MR) is 144 cm³/mol. The van der Waals surface area contributed by atoms with Crippen molar-refractivity contribution >= 4 is 33.9 Å². The Labute approximate surface area is 231 Å². The van der Waals surface area contributed by atoms with E-state index in [0.717, 1.165) is 39.9 Å². The molecule has 0 spiro atoms. The van der Waals surface area contributed by atoms with E-state index in [1.54, 1.807) is 30.4 Å². The van der Waals surface area contributed by atoms with Gasteiger partial charge in [-0.15, -0.1) is 0 Å². The molecule has 5 rings (SSSR count). The van der Waals surface area contributed by atoms with Crippen LogP contribution >= 0.6 is 11.3 Å². The molecular formula is C27H27F3N4O5S. The van der Waals surface area contributed by atoms with Gasteiger partial charge in [-0.2, -0.15) is 18.3 Å². The number of carboxylic acids is 1. The summed E-state index contributed by atoms with van der Waals surface area (Å²) < 4.78 is 44.5. The van der Waals surface area contributed by atoms with Gasteiger partial charge >= 0.3 is 18.1 Å². The van der Waals surface area contributed by atoms with Crippen molar-refractivity contribution in [3.8, 4) is 21.8 Å². The number of hydrogen-bond donors (Lipinski definition) is 1. The number of nitrogens with zero attached hydrogens (tertiary/aromatic N) is 4. The number of aromatic nitrogens is 3. The van der Waals surface area contributed by atoms with Gasteiger partial charge in [-0.1, -0.05) is 35.6 Å². The molecule has 0 radical (unpaired) electrons. The number of anilines is 1. The minimum absolute atomic E-state index is 0.188. The zero-order chi connectivity index (χ0) is 29.0. The Balaban J connectivity index is 0.000000470. The minimum atomic E-state index is -5.08. The van der Waals surface area contributed by atoms with Crippen LogP contribution in [0, 0.1) is 0 Å². The van der Waals surface area contributed by atoms with E-state index in [1.807, 2.05) is 28.9 Å². The van der Waals surface area contributed by atoms with Gasteiger partial charge in [-0.05, 0) is 45.0 Å². The number of hydrogen-bond acceptors (Lipinski definition) is 8. The standard InChI is InChI=1S/C25H26N4O3S.C2HF3O2/c1-4-31-24(30)19-11-9-18(10-12-19)21-15-29-25(26-21)33-23(27-29)20-7-5-6-8-22(20)28-13-16(2)32-17(3)14-28;3-2(4,5)1(6)7/h5-12,15-17H,4,13-14H2,1-3H3;(H,6,7). The lowest BCUT2D eigenvalue weighted by Gasteiger charge is -2.37. The Hall–Kier alpha value is -3.97. The Morgan fingerprint density at radius 2 is 1.73 bits per heavy atom. The van der Waals surface area contributed by atoms with E-state index >= 15 is 0 Å². The summed E-state index contributed by atoms with van der Waals surface area (Å²) in [5.41, 5.74) is 4.56. The third-order valence-electron chi connectivity index (χ3n) is 5.87. The number of benzene rings is 2.